The normalized spacial score (nSPS) is 11.5. The summed E-state index contributed by atoms with van der Waals surface area (Å²) in [4.78, 5) is 36.4. The van der Waals surface area contributed by atoms with Crippen molar-refractivity contribution in [3.63, 3.8) is 0 Å². The van der Waals surface area contributed by atoms with E-state index in [0.717, 1.165) is 21.9 Å². The predicted molar refractivity (Wildman–Crippen MR) is 130 cm³/mol. The van der Waals surface area contributed by atoms with E-state index in [1.54, 1.807) is 6.92 Å². The van der Waals surface area contributed by atoms with Gasteiger partial charge in [-0.3, -0.25) is 14.4 Å². The van der Waals surface area contributed by atoms with Crippen LogP contribution in [-0.4, -0.2) is 30.3 Å². The average molecular weight is 446 g/mol. The van der Waals surface area contributed by atoms with Crippen LogP contribution < -0.4 is 16.0 Å². The van der Waals surface area contributed by atoms with Crippen LogP contribution in [0.5, 0.6) is 0 Å². The van der Waals surface area contributed by atoms with Crippen molar-refractivity contribution in [1.82, 2.24) is 16.0 Å². The lowest BCUT2D eigenvalue weighted by Crippen LogP contribution is -2.38. The lowest BCUT2D eigenvalue weighted by molar-refractivity contribution is -0.123. The molecule has 0 saturated heterocycles. The summed E-state index contributed by atoms with van der Waals surface area (Å²) in [5.41, 5.74) is 2.17. The van der Waals surface area contributed by atoms with Gasteiger partial charge in [-0.1, -0.05) is 72.8 Å². The van der Waals surface area contributed by atoms with Crippen molar-refractivity contribution >= 4 is 28.5 Å². The minimum atomic E-state index is -0.293. The molecule has 0 fully saturated rings. The van der Waals surface area contributed by atoms with Gasteiger partial charge in [0.05, 0.1) is 0 Å². The van der Waals surface area contributed by atoms with Gasteiger partial charge >= 0.3 is 0 Å². The molecule has 0 aromatic heterocycles. The third kappa shape index (κ3) is 8.07. The van der Waals surface area contributed by atoms with Crippen LogP contribution in [0.4, 0.5) is 0 Å². The van der Waals surface area contributed by atoms with Gasteiger partial charge in [-0.2, -0.15) is 0 Å². The quantitative estimate of drug-likeness (QED) is 0.422. The third-order valence-electron chi connectivity index (χ3n) is 5.41. The Morgan fingerprint density at radius 3 is 2.30 bits per heavy atom. The van der Waals surface area contributed by atoms with E-state index >= 15 is 0 Å². The molecule has 6 heteroatoms. The number of carbonyl (C=O) groups is 3. The fourth-order valence-corrected chi connectivity index (χ4v) is 3.70. The van der Waals surface area contributed by atoms with Gasteiger partial charge in [0.15, 0.2) is 0 Å². The summed E-state index contributed by atoms with van der Waals surface area (Å²) < 4.78 is 0. The highest BCUT2D eigenvalue weighted by Gasteiger charge is 2.13. The maximum absolute atomic E-state index is 12.3. The molecule has 3 N–H and O–H groups in total. The lowest BCUT2D eigenvalue weighted by atomic mass is 10.0. The number of hydrogen-bond acceptors (Lipinski definition) is 3. The molecule has 3 rings (SSSR count). The van der Waals surface area contributed by atoms with Crippen molar-refractivity contribution in [3.8, 4) is 0 Å². The second-order valence-corrected chi connectivity index (χ2v) is 8.17. The lowest BCUT2D eigenvalue weighted by Gasteiger charge is -2.14. The smallest absolute Gasteiger partial charge is 0.222 e. The van der Waals surface area contributed by atoms with Crippen molar-refractivity contribution in [2.24, 2.45) is 0 Å². The number of aryl methyl sites for hydroxylation is 1. The van der Waals surface area contributed by atoms with E-state index in [1.807, 2.05) is 72.8 Å². The van der Waals surface area contributed by atoms with E-state index < -0.39 is 0 Å². The van der Waals surface area contributed by atoms with E-state index in [4.69, 9.17) is 0 Å². The Hall–Kier alpha value is -3.67. The maximum Gasteiger partial charge on any atom is 0.222 e. The van der Waals surface area contributed by atoms with Gasteiger partial charge in [-0.25, -0.2) is 0 Å². The molecule has 0 spiro atoms. The van der Waals surface area contributed by atoms with E-state index in [-0.39, 0.29) is 43.1 Å². The van der Waals surface area contributed by atoms with Gasteiger partial charge in [0.25, 0.3) is 0 Å². The van der Waals surface area contributed by atoms with Gasteiger partial charge in [0.2, 0.25) is 17.7 Å². The summed E-state index contributed by atoms with van der Waals surface area (Å²) >= 11 is 0. The second-order valence-electron chi connectivity index (χ2n) is 8.17. The van der Waals surface area contributed by atoms with Crippen LogP contribution >= 0.6 is 0 Å². The van der Waals surface area contributed by atoms with E-state index in [9.17, 15) is 14.4 Å². The first-order valence-electron chi connectivity index (χ1n) is 11.3. The Bertz CT molecular complexity index is 1080. The summed E-state index contributed by atoms with van der Waals surface area (Å²) in [7, 11) is 0. The molecule has 0 radical (unpaired) electrons. The standard InChI is InChI=1S/C27H31N3O3/c1-20(18-27(33)29-19-23-12-7-11-22-10-5-6-13-24(22)23)30-26(32)16-17-28-25(31)15-14-21-8-3-2-4-9-21/h2-13,20H,14-19H2,1H3,(H,28,31)(H,29,33)(H,30,32)/t20-/m0/s1. The van der Waals surface area contributed by atoms with E-state index in [0.29, 0.717) is 19.4 Å². The molecule has 0 unspecified atom stereocenters. The summed E-state index contributed by atoms with van der Waals surface area (Å²) in [5.74, 6) is -0.384. The minimum Gasteiger partial charge on any atom is -0.356 e. The monoisotopic (exact) mass is 445 g/mol. The number of carbonyl (C=O) groups excluding carboxylic acids is 3. The first-order valence-corrected chi connectivity index (χ1v) is 11.3. The van der Waals surface area contributed by atoms with E-state index in [2.05, 4.69) is 16.0 Å². The van der Waals surface area contributed by atoms with Crippen LogP contribution in [0.1, 0.15) is 37.3 Å². The zero-order valence-corrected chi connectivity index (χ0v) is 19.0. The molecular weight excluding hydrogens is 414 g/mol. The fraction of sp³-hybridized carbons (Fsp3) is 0.296. The van der Waals surface area contributed by atoms with Crippen molar-refractivity contribution in [3.05, 3.63) is 83.9 Å². The Labute approximate surface area is 194 Å². The Morgan fingerprint density at radius 1 is 0.758 bits per heavy atom. The summed E-state index contributed by atoms with van der Waals surface area (Å²) in [6.45, 7) is 2.52. The molecule has 0 aliphatic carbocycles. The highest BCUT2D eigenvalue weighted by atomic mass is 16.2. The highest BCUT2D eigenvalue weighted by Crippen LogP contribution is 2.18. The molecule has 172 valence electrons. The van der Waals surface area contributed by atoms with Gasteiger partial charge in [-0.15, -0.1) is 0 Å². The van der Waals surface area contributed by atoms with Crippen LogP contribution in [0.3, 0.4) is 0 Å². The Kier molecular flexibility index (Phi) is 9.00. The van der Waals surface area contributed by atoms with Crippen LogP contribution in [0.25, 0.3) is 10.8 Å². The molecular formula is C27H31N3O3. The molecule has 33 heavy (non-hydrogen) atoms. The molecule has 0 aliphatic heterocycles. The second kappa shape index (κ2) is 12.4. The Morgan fingerprint density at radius 2 is 1.48 bits per heavy atom. The molecule has 0 aliphatic rings. The predicted octanol–water partition coefficient (Wildman–Crippen LogP) is 3.49. The van der Waals surface area contributed by atoms with Gasteiger partial charge in [-0.05, 0) is 35.2 Å². The Balaban J connectivity index is 1.31. The van der Waals surface area contributed by atoms with Crippen molar-refractivity contribution in [2.75, 3.05) is 6.54 Å². The highest BCUT2D eigenvalue weighted by molar-refractivity contribution is 5.86. The maximum atomic E-state index is 12.3. The molecule has 1 atom stereocenters. The van der Waals surface area contributed by atoms with Crippen LogP contribution in [0, 0.1) is 0 Å². The fourth-order valence-electron chi connectivity index (χ4n) is 3.70. The SMILES string of the molecule is C[C@@H](CC(=O)NCc1cccc2ccccc12)NC(=O)CCNC(=O)CCc1ccccc1. The molecule has 6 nitrogen and oxygen atoms in total. The van der Waals surface area contributed by atoms with Gasteiger partial charge in [0.1, 0.15) is 0 Å². The summed E-state index contributed by atoms with van der Waals surface area (Å²) in [6.07, 6.45) is 1.43. The van der Waals surface area contributed by atoms with Gasteiger partial charge in [0, 0.05) is 38.4 Å². The van der Waals surface area contributed by atoms with Crippen molar-refractivity contribution in [1.29, 1.82) is 0 Å². The van der Waals surface area contributed by atoms with Crippen LogP contribution in [0.2, 0.25) is 0 Å². The third-order valence-corrected chi connectivity index (χ3v) is 5.41. The molecule has 3 amide bonds. The number of fused-ring (bicyclic) bond motifs is 1. The van der Waals surface area contributed by atoms with Crippen molar-refractivity contribution < 1.29 is 14.4 Å². The summed E-state index contributed by atoms with van der Waals surface area (Å²) in [6, 6.07) is 23.6. The number of hydrogen-bond donors (Lipinski definition) is 3. The van der Waals surface area contributed by atoms with Crippen LogP contribution in [-0.2, 0) is 27.3 Å². The molecule has 0 heterocycles. The minimum absolute atomic E-state index is 0.0764. The first kappa shape index (κ1) is 24.0. The topological polar surface area (TPSA) is 87.3 Å². The van der Waals surface area contributed by atoms with E-state index in [1.165, 1.54) is 0 Å². The first-order chi connectivity index (χ1) is 16.0. The largest absolute Gasteiger partial charge is 0.356 e. The van der Waals surface area contributed by atoms with Crippen LogP contribution in [0.15, 0.2) is 72.8 Å². The molecule has 3 aromatic carbocycles. The number of rotatable bonds is 11. The molecule has 0 bridgehead atoms. The zero-order valence-electron chi connectivity index (χ0n) is 19.0. The zero-order chi connectivity index (χ0) is 23.5. The number of benzene rings is 3. The molecule has 0 saturated carbocycles. The summed E-state index contributed by atoms with van der Waals surface area (Å²) in [5, 5.41) is 10.8. The van der Waals surface area contributed by atoms with Crippen molar-refractivity contribution in [2.45, 2.75) is 45.2 Å². The average Bonchev–Trinajstić information content (AvgIpc) is 2.82. The van der Waals surface area contributed by atoms with Gasteiger partial charge < -0.3 is 16.0 Å². The molecule has 3 aromatic rings. The number of amides is 3. The number of nitrogens with one attached hydrogen (secondary N) is 3.